The second kappa shape index (κ2) is 13.4. The smallest absolute Gasteiger partial charge is 0.172 e. The van der Waals surface area contributed by atoms with Crippen LogP contribution in [0.3, 0.4) is 0 Å². The summed E-state index contributed by atoms with van der Waals surface area (Å²) in [5, 5.41) is 10.7. The Hall–Kier alpha value is -7.43. The largest absolute Gasteiger partial charge is 0.258 e. The van der Waals surface area contributed by atoms with E-state index in [0.29, 0.717) is 0 Å². The minimum Gasteiger partial charge on any atom is -0.258 e. The molecule has 0 amide bonds. The molecule has 58 heavy (non-hydrogen) atoms. The molecule has 10 aromatic rings. The van der Waals surface area contributed by atoms with E-state index in [1.807, 2.05) is 12.1 Å². The Balaban J connectivity index is 1.03. The van der Waals surface area contributed by atoms with Crippen molar-refractivity contribution < 1.29 is 0 Å². The van der Waals surface area contributed by atoms with Crippen LogP contribution in [0.25, 0.3) is 95.0 Å². The van der Waals surface area contributed by atoms with Crippen molar-refractivity contribution in [2.24, 2.45) is 0 Å². The van der Waals surface area contributed by atoms with E-state index in [1.165, 1.54) is 50.1 Å². The Morgan fingerprint density at radius 2 is 0.862 bits per heavy atom. The van der Waals surface area contributed by atoms with Gasteiger partial charge in [-0.3, -0.25) is 4.40 Å². The molecule has 0 saturated carbocycles. The third kappa shape index (κ3) is 5.56. The summed E-state index contributed by atoms with van der Waals surface area (Å²) in [6, 6.07) is 69.4. The lowest BCUT2D eigenvalue weighted by Gasteiger charge is -2.22. The lowest BCUT2D eigenvalue weighted by molar-refractivity contribution is 0.660. The topological polar surface area (TPSA) is 43.1 Å². The molecule has 2 heterocycles. The van der Waals surface area contributed by atoms with Crippen LogP contribution in [0.4, 0.5) is 0 Å². The fraction of sp³-hybridized carbons (Fsp3) is 0.0556. The fourth-order valence-corrected chi connectivity index (χ4v) is 8.91. The van der Waals surface area contributed by atoms with Crippen LogP contribution in [-0.4, -0.2) is 19.6 Å². The molecule has 4 nitrogen and oxygen atoms in total. The van der Waals surface area contributed by atoms with Gasteiger partial charge in [-0.05, 0) is 115 Å². The van der Waals surface area contributed by atoms with E-state index in [2.05, 4.69) is 200 Å². The summed E-state index contributed by atoms with van der Waals surface area (Å²) < 4.78 is 2.15. The number of rotatable bonds is 6. The number of para-hydroxylation sites is 1. The molecule has 0 bridgehead atoms. The maximum atomic E-state index is 5.32. The van der Waals surface area contributed by atoms with Gasteiger partial charge in [0, 0.05) is 21.9 Å². The van der Waals surface area contributed by atoms with Crippen molar-refractivity contribution in [3.8, 4) is 78.4 Å². The third-order valence-corrected chi connectivity index (χ3v) is 11.9. The number of hydrogen-bond acceptors (Lipinski definition) is 3. The molecule has 4 heteroatoms. The van der Waals surface area contributed by atoms with Crippen LogP contribution in [0, 0.1) is 0 Å². The summed E-state index contributed by atoms with van der Waals surface area (Å²) in [5.74, 6) is 1.58. The minimum absolute atomic E-state index is 0.136. The molecule has 0 aliphatic heterocycles. The molecular weight excluding hydrogens is 705 g/mol. The molecule has 0 atom stereocenters. The Labute approximate surface area is 337 Å². The van der Waals surface area contributed by atoms with Gasteiger partial charge in [0.2, 0.25) is 0 Å². The molecule has 0 fully saturated rings. The van der Waals surface area contributed by atoms with Gasteiger partial charge in [0.05, 0.1) is 5.52 Å². The van der Waals surface area contributed by atoms with Crippen molar-refractivity contribution in [1.82, 2.24) is 19.6 Å². The zero-order valence-electron chi connectivity index (χ0n) is 32.3. The van der Waals surface area contributed by atoms with Crippen LogP contribution in [0.5, 0.6) is 0 Å². The highest BCUT2D eigenvalue weighted by Crippen LogP contribution is 2.49. The van der Waals surface area contributed by atoms with Gasteiger partial charge in [-0.15, -0.1) is 10.2 Å². The predicted octanol–water partition coefficient (Wildman–Crippen LogP) is 13.6. The van der Waals surface area contributed by atoms with Gasteiger partial charge in [-0.1, -0.05) is 159 Å². The highest BCUT2D eigenvalue weighted by Gasteiger charge is 2.35. The van der Waals surface area contributed by atoms with E-state index in [9.17, 15) is 0 Å². The predicted molar refractivity (Wildman–Crippen MR) is 238 cm³/mol. The van der Waals surface area contributed by atoms with Crippen molar-refractivity contribution in [2.45, 2.75) is 19.3 Å². The van der Waals surface area contributed by atoms with Gasteiger partial charge in [-0.25, -0.2) is 4.98 Å². The molecule has 2 aromatic heterocycles. The van der Waals surface area contributed by atoms with E-state index in [4.69, 9.17) is 15.2 Å². The Morgan fingerprint density at radius 3 is 1.57 bits per heavy atom. The van der Waals surface area contributed by atoms with Gasteiger partial charge in [0.15, 0.2) is 11.5 Å². The van der Waals surface area contributed by atoms with Gasteiger partial charge in [0.1, 0.15) is 5.82 Å². The summed E-state index contributed by atoms with van der Waals surface area (Å²) in [4.78, 5) is 5.32. The SMILES string of the molecule is CC1(C)c2ccccc2-c2ccc(-c3nc4ccccc4c4nnc(-c5cccc(-c6cccc(-c7cc(-c8ccccc8)cc(-c8ccccc8)c7)c6)c5)n34)cc21. The standard InChI is InChI=1S/C54H38N4/c1-54(2)48-25-11-9-23-45(48)46-28-27-41(34-49(46)54)51-55-50-26-12-10-24-47(50)53-57-56-52(58(51)53)40-22-14-20-38(30-40)37-19-13-21-39(29-37)44-32-42(35-15-5-3-6-16-35)31-43(33-44)36-17-7-4-8-18-36/h3-34H,1-2H3. The summed E-state index contributed by atoms with van der Waals surface area (Å²) >= 11 is 0. The van der Waals surface area contributed by atoms with Gasteiger partial charge in [-0.2, -0.15) is 0 Å². The first-order chi connectivity index (χ1) is 28.5. The van der Waals surface area contributed by atoms with Crippen molar-refractivity contribution >= 4 is 16.6 Å². The maximum Gasteiger partial charge on any atom is 0.172 e. The molecule has 0 spiro atoms. The third-order valence-electron chi connectivity index (χ3n) is 11.9. The van der Waals surface area contributed by atoms with Gasteiger partial charge >= 0.3 is 0 Å². The average Bonchev–Trinajstić information content (AvgIpc) is 3.84. The van der Waals surface area contributed by atoms with E-state index in [1.54, 1.807) is 0 Å². The first kappa shape index (κ1) is 33.9. The lowest BCUT2D eigenvalue weighted by Crippen LogP contribution is -2.15. The van der Waals surface area contributed by atoms with Gasteiger partial charge in [0.25, 0.3) is 0 Å². The van der Waals surface area contributed by atoms with Crippen LogP contribution in [0.15, 0.2) is 194 Å². The monoisotopic (exact) mass is 742 g/mol. The number of aromatic nitrogens is 4. The Kier molecular flexibility index (Phi) is 7.80. The summed E-state index contributed by atoms with van der Waals surface area (Å²) in [7, 11) is 0. The van der Waals surface area contributed by atoms with Crippen LogP contribution in [0.1, 0.15) is 25.0 Å². The van der Waals surface area contributed by atoms with Crippen molar-refractivity contribution in [1.29, 1.82) is 0 Å². The summed E-state index contributed by atoms with van der Waals surface area (Å²) in [5.41, 5.74) is 18.1. The molecule has 0 N–H and O–H groups in total. The van der Waals surface area contributed by atoms with Crippen molar-refractivity contribution in [3.63, 3.8) is 0 Å². The number of benzene rings is 8. The van der Waals surface area contributed by atoms with Crippen LogP contribution >= 0.6 is 0 Å². The molecule has 0 saturated heterocycles. The second-order valence-electron chi connectivity index (χ2n) is 15.8. The average molecular weight is 743 g/mol. The van der Waals surface area contributed by atoms with E-state index >= 15 is 0 Å². The molecular formula is C54H38N4. The van der Waals surface area contributed by atoms with E-state index in [0.717, 1.165) is 56.0 Å². The van der Waals surface area contributed by atoms with E-state index < -0.39 is 0 Å². The molecule has 1 aliphatic rings. The first-order valence-corrected chi connectivity index (χ1v) is 19.9. The van der Waals surface area contributed by atoms with E-state index in [-0.39, 0.29) is 5.41 Å². The number of fused-ring (bicyclic) bond motifs is 6. The fourth-order valence-electron chi connectivity index (χ4n) is 8.91. The normalized spacial score (nSPS) is 12.8. The van der Waals surface area contributed by atoms with Crippen molar-refractivity contribution in [3.05, 3.63) is 205 Å². The maximum absolute atomic E-state index is 5.32. The quantitative estimate of drug-likeness (QED) is 0.170. The Morgan fingerprint density at radius 1 is 0.362 bits per heavy atom. The Bertz CT molecular complexity index is 3140. The number of hydrogen-bond donors (Lipinski definition) is 0. The van der Waals surface area contributed by atoms with Crippen LogP contribution in [-0.2, 0) is 5.41 Å². The molecule has 8 aromatic carbocycles. The molecule has 1 aliphatic carbocycles. The second-order valence-corrected chi connectivity index (χ2v) is 15.8. The highest BCUT2D eigenvalue weighted by atomic mass is 15.3. The minimum atomic E-state index is -0.136. The zero-order chi connectivity index (χ0) is 38.8. The van der Waals surface area contributed by atoms with Crippen LogP contribution < -0.4 is 0 Å². The van der Waals surface area contributed by atoms with Crippen LogP contribution in [0.2, 0.25) is 0 Å². The molecule has 0 radical (unpaired) electrons. The van der Waals surface area contributed by atoms with Gasteiger partial charge < -0.3 is 0 Å². The molecule has 274 valence electrons. The summed E-state index contributed by atoms with van der Waals surface area (Å²) in [6.45, 7) is 4.63. The molecule has 11 rings (SSSR count). The number of nitrogens with zero attached hydrogens (tertiary/aromatic N) is 4. The lowest BCUT2D eigenvalue weighted by atomic mass is 9.82. The zero-order valence-corrected chi connectivity index (χ0v) is 32.3. The highest BCUT2D eigenvalue weighted by molar-refractivity contribution is 5.95. The summed E-state index contributed by atoms with van der Waals surface area (Å²) in [6.07, 6.45) is 0. The first-order valence-electron chi connectivity index (χ1n) is 19.9. The van der Waals surface area contributed by atoms with Crippen molar-refractivity contribution in [2.75, 3.05) is 0 Å². The molecule has 0 unspecified atom stereocenters.